The summed E-state index contributed by atoms with van der Waals surface area (Å²) in [5.74, 6) is 0. The Labute approximate surface area is 165 Å². The molecule has 0 unspecified atom stereocenters. The summed E-state index contributed by atoms with van der Waals surface area (Å²) in [5.41, 5.74) is 2.15. The van der Waals surface area contributed by atoms with Crippen molar-refractivity contribution in [3.05, 3.63) is 100 Å². The Morgan fingerprint density at radius 1 is 0.815 bits per heavy atom. The molecule has 5 rings (SSSR count). The second-order valence-corrected chi connectivity index (χ2v) is 8.41. The lowest BCUT2D eigenvalue weighted by molar-refractivity contribution is 1.38. The first kappa shape index (κ1) is 16.4. The summed E-state index contributed by atoms with van der Waals surface area (Å²) in [7, 11) is 0. The second-order valence-electron chi connectivity index (χ2n) is 6.21. The molecule has 1 aromatic heterocycles. The third-order valence-corrected chi connectivity index (χ3v) is 6.38. The van der Waals surface area contributed by atoms with Crippen LogP contribution in [0, 0.1) is 0 Å². The average molecular weight is 385 g/mol. The predicted molar refractivity (Wildman–Crippen MR) is 117 cm³/mol. The standard InChI is InChI=1S/C23H16N2S2/c1-2-8-16(9-3-1)24-20-14-17(26-21-12-6-4-10-18(20)21)15-23-25-19-11-5-7-13-22(19)27-23/h1-15,25H/b23-15-,24-20?. The van der Waals surface area contributed by atoms with Gasteiger partial charge in [-0.15, -0.1) is 11.3 Å². The number of nitrogens with zero attached hydrogens (tertiary/aromatic N) is 1. The van der Waals surface area contributed by atoms with Crippen molar-refractivity contribution in [2.24, 2.45) is 4.99 Å². The highest BCUT2D eigenvalue weighted by Gasteiger charge is 2.14. The molecule has 1 aliphatic rings. The van der Waals surface area contributed by atoms with Crippen molar-refractivity contribution in [2.45, 2.75) is 4.90 Å². The average Bonchev–Trinajstić information content (AvgIpc) is 3.11. The Morgan fingerprint density at radius 2 is 1.59 bits per heavy atom. The molecule has 2 nitrogen and oxygen atoms in total. The van der Waals surface area contributed by atoms with Crippen LogP contribution in [0.3, 0.4) is 0 Å². The summed E-state index contributed by atoms with van der Waals surface area (Å²) in [6.07, 6.45) is 2.21. The minimum Gasteiger partial charge on any atom is -0.349 e. The molecule has 0 bridgehead atoms. The van der Waals surface area contributed by atoms with Gasteiger partial charge in [0.05, 0.1) is 21.8 Å². The van der Waals surface area contributed by atoms with E-state index in [2.05, 4.69) is 66.0 Å². The van der Waals surface area contributed by atoms with Gasteiger partial charge in [0, 0.05) is 19.9 Å². The minimum absolute atomic E-state index is 0.971. The molecular weight excluding hydrogens is 368 g/mol. The van der Waals surface area contributed by atoms with Gasteiger partial charge in [-0.1, -0.05) is 60.3 Å². The van der Waals surface area contributed by atoms with Gasteiger partial charge in [-0.05, 0) is 42.5 Å². The Kier molecular flexibility index (Phi) is 4.28. The molecule has 0 saturated heterocycles. The molecule has 2 heterocycles. The molecule has 4 aromatic rings. The summed E-state index contributed by atoms with van der Waals surface area (Å²) in [4.78, 5) is 7.35. The topological polar surface area (TPSA) is 24.4 Å². The van der Waals surface area contributed by atoms with Crippen molar-refractivity contribution in [1.29, 1.82) is 0 Å². The molecule has 0 radical (unpaired) electrons. The van der Waals surface area contributed by atoms with E-state index in [0.29, 0.717) is 0 Å². The molecule has 1 aliphatic heterocycles. The lowest BCUT2D eigenvalue weighted by atomic mass is 10.2. The van der Waals surface area contributed by atoms with Crippen LogP contribution in [0.15, 0.2) is 99.8 Å². The van der Waals surface area contributed by atoms with Crippen molar-refractivity contribution in [2.75, 3.05) is 5.32 Å². The maximum absolute atomic E-state index is 4.89. The van der Waals surface area contributed by atoms with E-state index in [1.165, 1.54) is 25.5 Å². The van der Waals surface area contributed by atoms with Gasteiger partial charge >= 0.3 is 0 Å². The molecule has 1 N–H and O–H groups in total. The molecule has 0 aliphatic carbocycles. The number of thioether (sulfide) groups is 1. The molecule has 0 spiro atoms. The first-order chi connectivity index (χ1) is 13.3. The number of rotatable bonds is 2. The monoisotopic (exact) mass is 384 g/mol. The third kappa shape index (κ3) is 3.42. The van der Waals surface area contributed by atoms with Crippen LogP contribution >= 0.6 is 23.1 Å². The fourth-order valence-corrected chi connectivity index (χ4v) is 5.14. The number of hydrogen-bond acceptors (Lipinski definition) is 4. The van der Waals surface area contributed by atoms with Gasteiger partial charge in [0.15, 0.2) is 0 Å². The summed E-state index contributed by atoms with van der Waals surface area (Å²) in [6, 6.07) is 29.2. The summed E-state index contributed by atoms with van der Waals surface area (Å²) in [5, 5.41) is 6.83. The number of fused-ring (bicyclic) bond motifs is 2. The fraction of sp³-hybridized carbons (Fsp3) is 0. The Hall–Kier alpha value is -2.82. The van der Waals surface area contributed by atoms with Crippen LogP contribution in [-0.2, 0) is 0 Å². The van der Waals surface area contributed by atoms with Crippen LogP contribution in [0.5, 0.6) is 0 Å². The van der Waals surface area contributed by atoms with E-state index >= 15 is 0 Å². The Balaban J connectivity index is 1.62. The minimum atomic E-state index is 0.971. The second kappa shape index (κ2) is 7.06. The smallest absolute Gasteiger partial charge is 0.0789 e. The maximum Gasteiger partial charge on any atom is 0.0789 e. The highest BCUT2D eigenvalue weighted by Crippen LogP contribution is 2.41. The molecular formula is C23H16N2S2. The zero-order valence-electron chi connectivity index (χ0n) is 14.4. The highest BCUT2D eigenvalue weighted by atomic mass is 32.2. The first-order valence-corrected chi connectivity index (χ1v) is 10.4. The number of hydrogen-bond donors (Lipinski definition) is 1. The SMILES string of the molecule is C(=C1\Nc2ccccc2S1)/c1cc(=Nc2ccccc2)c2ccccc2s1. The van der Waals surface area contributed by atoms with E-state index in [-0.39, 0.29) is 0 Å². The molecule has 3 aromatic carbocycles. The summed E-state index contributed by atoms with van der Waals surface area (Å²) in [6.45, 7) is 0. The van der Waals surface area contributed by atoms with Gasteiger partial charge in [0.1, 0.15) is 0 Å². The molecule has 0 saturated carbocycles. The lowest BCUT2D eigenvalue weighted by Gasteiger charge is -2.03. The fourth-order valence-electron chi connectivity index (χ4n) is 3.07. The van der Waals surface area contributed by atoms with Crippen LogP contribution in [0.25, 0.3) is 16.2 Å². The van der Waals surface area contributed by atoms with Gasteiger partial charge < -0.3 is 5.32 Å². The Morgan fingerprint density at radius 3 is 2.48 bits per heavy atom. The number of para-hydroxylation sites is 2. The van der Waals surface area contributed by atoms with E-state index in [4.69, 9.17) is 4.99 Å². The van der Waals surface area contributed by atoms with Gasteiger partial charge in [-0.2, -0.15) is 0 Å². The number of benzene rings is 3. The predicted octanol–water partition coefficient (Wildman–Crippen LogP) is 6.65. The van der Waals surface area contributed by atoms with E-state index < -0.39 is 0 Å². The van der Waals surface area contributed by atoms with Gasteiger partial charge in [0.2, 0.25) is 0 Å². The van der Waals surface area contributed by atoms with Crippen LogP contribution < -0.4 is 10.7 Å². The Bertz CT molecular complexity index is 1200. The van der Waals surface area contributed by atoms with E-state index in [0.717, 1.165) is 16.1 Å². The maximum atomic E-state index is 4.89. The third-order valence-electron chi connectivity index (χ3n) is 4.31. The zero-order chi connectivity index (χ0) is 18.1. The molecule has 27 heavy (non-hydrogen) atoms. The quantitative estimate of drug-likeness (QED) is 0.418. The largest absolute Gasteiger partial charge is 0.349 e. The molecule has 0 fully saturated rings. The van der Waals surface area contributed by atoms with Crippen LogP contribution in [0.4, 0.5) is 11.4 Å². The van der Waals surface area contributed by atoms with Gasteiger partial charge in [-0.3, -0.25) is 0 Å². The van der Waals surface area contributed by atoms with E-state index in [1.807, 2.05) is 30.3 Å². The zero-order valence-corrected chi connectivity index (χ0v) is 16.1. The van der Waals surface area contributed by atoms with Crippen molar-refractivity contribution in [3.8, 4) is 0 Å². The van der Waals surface area contributed by atoms with E-state index in [1.54, 1.807) is 23.1 Å². The first-order valence-electron chi connectivity index (χ1n) is 8.73. The summed E-state index contributed by atoms with van der Waals surface area (Å²) < 4.78 is 1.24. The number of nitrogens with one attached hydrogen (secondary N) is 1. The van der Waals surface area contributed by atoms with Crippen molar-refractivity contribution < 1.29 is 0 Å². The molecule has 0 atom stereocenters. The molecule has 0 amide bonds. The van der Waals surface area contributed by atoms with Crippen molar-refractivity contribution >= 4 is 50.6 Å². The van der Waals surface area contributed by atoms with Crippen LogP contribution in [0.1, 0.15) is 4.88 Å². The normalized spacial score (nSPS) is 15.1. The molecule has 4 heteroatoms. The van der Waals surface area contributed by atoms with Crippen molar-refractivity contribution in [1.82, 2.24) is 0 Å². The summed E-state index contributed by atoms with van der Waals surface area (Å²) >= 11 is 3.56. The lowest BCUT2D eigenvalue weighted by Crippen LogP contribution is -2.02. The van der Waals surface area contributed by atoms with Crippen LogP contribution in [-0.4, -0.2) is 0 Å². The molecule has 130 valence electrons. The highest BCUT2D eigenvalue weighted by molar-refractivity contribution is 8.03. The van der Waals surface area contributed by atoms with Gasteiger partial charge in [-0.25, -0.2) is 4.99 Å². The number of anilines is 1. The van der Waals surface area contributed by atoms with Gasteiger partial charge in [0.25, 0.3) is 0 Å². The van der Waals surface area contributed by atoms with Crippen molar-refractivity contribution in [3.63, 3.8) is 0 Å². The van der Waals surface area contributed by atoms with Crippen LogP contribution in [0.2, 0.25) is 0 Å². The van der Waals surface area contributed by atoms with E-state index in [9.17, 15) is 0 Å².